The van der Waals surface area contributed by atoms with E-state index in [2.05, 4.69) is 28.3 Å². The second kappa shape index (κ2) is 8.22. The third-order valence-corrected chi connectivity index (χ3v) is 5.79. The van der Waals surface area contributed by atoms with E-state index in [1.54, 1.807) is 30.7 Å². The van der Waals surface area contributed by atoms with E-state index < -0.39 is 4.92 Å². The van der Waals surface area contributed by atoms with Crippen molar-refractivity contribution in [3.63, 3.8) is 0 Å². The molecule has 2 heterocycles. The first-order valence-corrected chi connectivity index (χ1v) is 10.3. The van der Waals surface area contributed by atoms with Crippen molar-refractivity contribution in [1.82, 2.24) is 9.78 Å². The van der Waals surface area contributed by atoms with Gasteiger partial charge in [-0.2, -0.15) is 5.10 Å². The minimum atomic E-state index is -0.402. The van der Waals surface area contributed by atoms with Crippen LogP contribution in [0.2, 0.25) is 0 Å². The molecule has 0 spiro atoms. The number of aromatic nitrogens is 2. The summed E-state index contributed by atoms with van der Waals surface area (Å²) in [6.07, 6.45) is 1.04. The van der Waals surface area contributed by atoms with Crippen LogP contribution in [0.4, 0.5) is 17.1 Å². The van der Waals surface area contributed by atoms with Gasteiger partial charge in [0.05, 0.1) is 11.5 Å². The summed E-state index contributed by atoms with van der Waals surface area (Å²) in [5, 5.41) is 18.4. The predicted molar refractivity (Wildman–Crippen MR) is 120 cm³/mol. The first-order valence-electron chi connectivity index (χ1n) is 10.3. The van der Waals surface area contributed by atoms with Gasteiger partial charge in [0.25, 0.3) is 5.91 Å². The van der Waals surface area contributed by atoms with E-state index in [0.29, 0.717) is 23.5 Å². The number of hydrogen-bond donors (Lipinski definition) is 1. The van der Waals surface area contributed by atoms with Crippen molar-refractivity contribution in [2.24, 2.45) is 0 Å². The normalized spacial score (nSPS) is 12.7. The van der Waals surface area contributed by atoms with Gasteiger partial charge < -0.3 is 10.2 Å². The van der Waals surface area contributed by atoms with Crippen LogP contribution in [-0.2, 0) is 13.0 Å². The Morgan fingerprint density at radius 3 is 2.58 bits per heavy atom. The molecular weight excluding hydrogens is 394 g/mol. The highest BCUT2D eigenvalue weighted by molar-refractivity contribution is 6.04. The Bertz CT molecular complexity index is 1150. The number of nitrogens with one attached hydrogen (secondary N) is 1. The van der Waals surface area contributed by atoms with Crippen molar-refractivity contribution in [2.45, 2.75) is 33.7 Å². The number of anilines is 2. The van der Waals surface area contributed by atoms with E-state index in [-0.39, 0.29) is 11.6 Å². The first-order chi connectivity index (χ1) is 14.9. The highest BCUT2D eigenvalue weighted by atomic mass is 16.6. The molecule has 0 unspecified atom stereocenters. The molecule has 160 valence electrons. The van der Waals surface area contributed by atoms with Crippen LogP contribution >= 0.6 is 0 Å². The van der Waals surface area contributed by atoms with Crippen LogP contribution in [0, 0.1) is 24.0 Å². The van der Waals surface area contributed by atoms with Crippen LogP contribution in [-0.4, -0.2) is 33.7 Å². The van der Waals surface area contributed by atoms with Gasteiger partial charge in [0, 0.05) is 30.0 Å². The van der Waals surface area contributed by atoms with Crippen LogP contribution < -0.4 is 10.2 Å². The average Bonchev–Trinajstić information content (AvgIpc) is 3.28. The van der Waals surface area contributed by atoms with Crippen LogP contribution in [0.1, 0.15) is 39.8 Å². The fraction of sp³-hybridized carbons (Fsp3) is 0.304. The van der Waals surface area contributed by atoms with Crippen LogP contribution in [0.25, 0.3) is 0 Å². The number of carbonyl (C=O) groups is 1. The molecule has 0 radical (unpaired) electrons. The summed E-state index contributed by atoms with van der Waals surface area (Å²) >= 11 is 0. The molecule has 1 aliphatic rings. The van der Waals surface area contributed by atoms with Crippen molar-refractivity contribution < 1.29 is 9.72 Å². The molecule has 8 nitrogen and oxygen atoms in total. The van der Waals surface area contributed by atoms with Crippen molar-refractivity contribution >= 4 is 23.0 Å². The Kier molecular flexibility index (Phi) is 5.46. The Balaban J connectivity index is 1.46. The first kappa shape index (κ1) is 20.6. The van der Waals surface area contributed by atoms with E-state index in [4.69, 9.17) is 0 Å². The summed E-state index contributed by atoms with van der Waals surface area (Å²) in [6.45, 7) is 7.82. The summed E-state index contributed by atoms with van der Waals surface area (Å²) < 4.78 is 1.62. The maximum Gasteiger partial charge on any atom is 0.312 e. The molecule has 0 saturated carbocycles. The van der Waals surface area contributed by atoms with Gasteiger partial charge in [-0.05, 0) is 62.6 Å². The molecule has 0 saturated heterocycles. The van der Waals surface area contributed by atoms with Gasteiger partial charge in [0.15, 0.2) is 0 Å². The van der Waals surface area contributed by atoms with Crippen molar-refractivity contribution in [3.05, 3.63) is 80.7 Å². The summed E-state index contributed by atoms with van der Waals surface area (Å²) in [5.41, 5.74) is 5.71. The highest BCUT2D eigenvalue weighted by Gasteiger charge is 2.22. The number of nitro groups is 1. The van der Waals surface area contributed by atoms with Gasteiger partial charge in [-0.3, -0.25) is 19.6 Å². The van der Waals surface area contributed by atoms with E-state index in [9.17, 15) is 14.9 Å². The second-order valence-corrected chi connectivity index (χ2v) is 7.76. The standard InChI is InChI=1S/C23H25N5O3/c1-4-26-12-11-18-9-10-20(13-21(18)26)24-23(29)19-7-5-17(6-8-19)14-27-16(3)22(28(30)31)15(2)25-27/h5-10,13H,4,11-12,14H2,1-3H3,(H,24,29). The fourth-order valence-corrected chi connectivity index (χ4v) is 4.10. The van der Waals surface area contributed by atoms with Crippen LogP contribution in [0.15, 0.2) is 42.5 Å². The molecule has 1 aliphatic heterocycles. The van der Waals surface area contributed by atoms with Gasteiger partial charge in [-0.25, -0.2) is 0 Å². The monoisotopic (exact) mass is 419 g/mol. The molecule has 1 N–H and O–H groups in total. The number of benzene rings is 2. The largest absolute Gasteiger partial charge is 0.371 e. The van der Waals surface area contributed by atoms with E-state index in [1.807, 2.05) is 24.3 Å². The Labute approximate surface area is 180 Å². The van der Waals surface area contributed by atoms with Crippen LogP contribution in [0.5, 0.6) is 0 Å². The molecule has 0 atom stereocenters. The number of aryl methyl sites for hydroxylation is 1. The third-order valence-electron chi connectivity index (χ3n) is 5.79. The zero-order chi connectivity index (χ0) is 22.1. The molecule has 2 aromatic carbocycles. The lowest BCUT2D eigenvalue weighted by Crippen LogP contribution is -2.19. The maximum atomic E-state index is 12.7. The number of carbonyl (C=O) groups excluding carboxylic acids is 1. The number of fused-ring (bicyclic) bond motifs is 1. The van der Waals surface area contributed by atoms with Crippen molar-refractivity contribution in [3.8, 4) is 0 Å². The lowest BCUT2D eigenvalue weighted by Gasteiger charge is -2.17. The molecule has 0 aliphatic carbocycles. The van der Waals surface area contributed by atoms with Gasteiger partial charge in [0.1, 0.15) is 11.4 Å². The zero-order valence-electron chi connectivity index (χ0n) is 17.9. The number of rotatable bonds is 6. The quantitative estimate of drug-likeness (QED) is 0.480. The average molecular weight is 419 g/mol. The summed E-state index contributed by atoms with van der Waals surface area (Å²) in [4.78, 5) is 25.8. The lowest BCUT2D eigenvalue weighted by atomic mass is 10.1. The molecule has 8 heteroatoms. The zero-order valence-corrected chi connectivity index (χ0v) is 17.9. The van der Waals surface area contributed by atoms with E-state index >= 15 is 0 Å². The smallest absolute Gasteiger partial charge is 0.312 e. The van der Waals surface area contributed by atoms with Crippen molar-refractivity contribution in [1.29, 1.82) is 0 Å². The van der Waals surface area contributed by atoms with Gasteiger partial charge in [-0.1, -0.05) is 18.2 Å². The Hall–Kier alpha value is -3.68. The number of likely N-dealkylation sites (N-methyl/N-ethyl adjacent to an activating group) is 1. The molecule has 0 fully saturated rings. The Morgan fingerprint density at radius 1 is 1.19 bits per heavy atom. The molecule has 4 rings (SSSR count). The molecule has 31 heavy (non-hydrogen) atoms. The van der Waals surface area contributed by atoms with Gasteiger partial charge >= 0.3 is 5.69 Å². The minimum Gasteiger partial charge on any atom is -0.371 e. The lowest BCUT2D eigenvalue weighted by molar-refractivity contribution is -0.386. The molecular formula is C23H25N5O3. The van der Waals surface area contributed by atoms with Gasteiger partial charge in [-0.15, -0.1) is 0 Å². The minimum absolute atomic E-state index is 0.0481. The third kappa shape index (κ3) is 4.01. The topological polar surface area (TPSA) is 93.3 Å². The van der Waals surface area contributed by atoms with E-state index in [0.717, 1.165) is 30.8 Å². The predicted octanol–water partition coefficient (Wildman–Crippen LogP) is 4.09. The van der Waals surface area contributed by atoms with Crippen LogP contribution in [0.3, 0.4) is 0 Å². The fourth-order valence-electron chi connectivity index (χ4n) is 4.10. The van der Waals surface area contributed by atoms with Crippen molar-refractivity contribution in [2.75, 3.05) is 23.3 Å². The van der Waals surface area contributed by atoms with Gasteiger partial charge in [0.2, 0.25) is 0 Å². The molecule has 0 bridgehead atoms. The number of nitrogens with zero attached hydrogens (tertiary/aromatic N) is 4. The number of hydrogen-bond acceptors (Lipinski definition) is 5. The summed E-state index contributed by atoms with van der Waals surface area (Å²) in [7, 11) is 0. The highest BCUT2D eigenvalue weighted by Crippen LogP contribution is 2.30. The van der Waals surface area contributed by atoms with E-state index in [1.165, 1.54) is 11.3 Å². The molecule has 1 aromatic heterocycles. The SMILES string of the molecule is CCN1CCc2ccc(NC(=O)c3ccc(Cn4nc(C)c([N+](=O)[O-])c4C)cc3)cc21. The maximum absolute atomic E-state index is 12.7. The second-order valence-electron chi connectivity index (χ2n) is 7.76. The number of amides is 1. The Morgan fingerprint density at radius 2 is 1.94 bits per heavy atom. The molecule has 1 amide bonds. The summed E-state index contributed by atoms with van der Waals surface area (Å²) in [6, 6.07) is 13.3. The molecule has 3 aromatic rings. The summed E-state index contributed by atoms with van der Waals surface area (Å²) in [5.74, 6) is -0.172.